The highest BCUT2D eigenvalue weighted by molar-refractivity contribution is 5.78. The summed E-state index contributed by atoms with van der Waals surface area (Å²) < 4.78 is 0. The molecule has 1 heterocycles. The molecule has 4 nitrogen and oxygen atoms in total. The summed E-state index contributed by atoms with van der Waals surface area (Å²) in [7, 11) is 0. The summed E-state index contributed by atoms with van der Waals surface area (Å²) >= 11 is 0. The Morgan fingerprint density at radius 3 is 2.70 bits per heavy atom. The lowest BCUT2D eigenvalue weighted by Gasteiger charge is -2.16. The highest BCUT2D eigenvalue weighted by Gasteiger charge is 2.25. The topological polar surface area (TPSA) is 44.4 Å². The minimum Gasteiger partial charge on any atom is -0.352 e. The van der Waals surface area contributed by atoms with E-state index in [0.29, 0.717) is 18.6 Å². The smallest absolute Gasteiger partial charge is 0.234 e. The average molecular weight is 273 g/mol. The van der Waals surface area contributed by atoms with Gasteiger partial charge in [0.1, 0.15) is 0 Å². The van der Waals surface area contributed by atoms with Crippen molar-refractivity contribution in [1.82, 2.24) is 15.5 Å². The van der Waals surface area contributed by atoms with Crippen LogP contribution in [0.3, 0.4) is 0 Å². The standard InChI is InChI=1S/C16H23N3O/c20-16(18-14-6-7-14)10-17-15-8-9-19(12-15)11-13-4-2-1-3-5-13/h1-5,14-15,17H,6-12H2,(H,18,20). The van der Waals surface area contributed by atoms with Gasteiger partial charge in [-0.3, -0.25) is 9.69 Å². The normalized spacial score (nSPS) is 22.9. The summed E-state index contributed by atoms with van der Waals surface area (Å²) in [6.45, 7) is 3.61. The maximum atomic E-state index is 11.6. The lowest BCUT2D eigenvalue weighted by molar-refractivity contribution is -0.120. The van der Waals surface area contributed by atoms with Crippen molar-refractivity contribution in [2.45, 2.75) is 37.9 Å². The minimum atomic E-state index is 0.147. The van der Waals surface area contributed by atoms with Gasteiger partial charge in [-0.05, 0) is 24.8 Å². The molecule has 2 fully saturated rings. The number of nitrogens with one attached hydrogen (secondary N) is 2. The van der Waals surface area contributed by atoms with Gasteiger partial charge in [0, 0.05) is 31.7 Å². The van der Waals surface area contributed by atoms with E-state index >= 15 is 0 Å². The Bertz CT molecular complexity index is 444. The van der Waals surface area contributed by atoms with E-state index in [1.165, 1.54) is 5.56 Å². The fourth-order valence-corrected chi connectivity index (χ4v) is 2.73. The summed E-state index contributed by atoms with van der Waals surface area (Å²) in [5.74, 6) is 0.147. The first-order valence-electron chi connectivity index (χ1n) is 7.58. The predicted molar refractivity (Wildman–Crippen MR) is 79.3 cm³/mol. The number of amides is 1. The molecule has 1 amide bonds. The molecule has 1 unspecified atom stereocenters. The van der Waals surface area contributed by atoms with Gasteiger partial charge in [-0.25, -0.2) is 0 Å². The van der Waals surface area contributed by atoms with E-state index in [-0.39, 0.29) is 5.91 Å². The monoisotopic (exact) mass is 273 g/mol. The van der Waals surface area contributed by atoms with Crippen LogP contribution in [0.2, 0.25) is 0 Å². The van der Waals surface area contributed by atoms with Gasteiger partial charge in [-0.1, -0.05) is 30.3 Å². The number of hydrogen-bond donors (Lipinski definition) is 2. The van der Waals surface area contributed by atoms with Crippen LogP contribution in [-0.4, -0.2) is 42.5 Å². The average Bonchev–Trinajstić information content (AvgIpc) is 3.15. The number of hydrogen-bond acceptors (Lipinski definition) is 3. The number of carbonyl (C=O) groups excluding carboxylic acids is 1. The maximum absolute atomic E-state index is 11.6. The Balaban J connectivity index is 1.37. The second-order valence-corrected chi connectivity index (χ2v) is 5.93. The summed E-state index contributed by atoms with van der Waals surface area (Å²) in [6, 6.07) is 11.5. The van der Waals surface area contributed by atoms with Crippen molar-refractivity contribution in [2.75, 3.05) is 19.6 Å². The summed E-state index contributed by atoms with van der Waals surface area (Å²) in [4.78, 5) is 14.1. The predicted octanol–water partition coefficient (Wildman–Crippen LogP) is 1.13. The van der Waals surface area contributed by atoms with E-state index in [9.17, 15) is 4.79 Å². The molecular weight excluding hydrogens is 250 g/mol. The molecule has 0 spiro atoms. The number of rotatable bonds is 6. The van der Waals surface area contributed by atoms with Crippen molar-refractivity contribution in [3.05, 3.63) is 35.9 Å². The Morgan fingerprint density at radius 1 is 1.15 bits per heavy atom. The zero-order valence-electron chi connectivity index (χ0n) is 11.8. The molecule has 20 heavy (non-hydrogen) atoms. The van der Waals surface area contributed by atoms with Gasteiger partial charge in [0.05, 0.1) is 6.54 Å². The Kier molecular flexibility index (Phi) is 4.33. The fraction of sp³-hybridized carbons (Fsp3) is 0.562. The van der Waals surface area contributed by atoms with E-state index in [1.807, 2.05) is 0 Å². The molecule has 0 radical (unpaired) electrons. The van der Waals surface area contributed by atoms with Crippen molar-refractivity contribution in [1.29, 1.82) is 0 Å². The first-order valence-corrected chi connectivity index (χ1v) is 7.58. The highest BCUT2D eigenvalue weighted by atomic mass is 16.2. The molecule has 2 N–H and O–H groups in total. The number of carbonyl (C=O) groups is 1. The van der Waals surface area contributed by atoms with Crippen LogP contribution in [0.4, 0.5) is 0 Å². The fourth-order valence-electron chi connectivity index (χ4n) is 2.73. The van der Waals surface area contributed by atoms with Crippen molar-refractivity contribution < 1.29 is 4.79 Å². The number of nitrogens with zero attached hydrogens (tertiary/aromatic N) is 1. The zero-order chi connectivity index (χ0) is 13.8. The van der Waals surface area contributed by atoms with Crippen molar-refractivity contribution >= 4 is 5.91 Å². The Labute approximate surface area is 120 Å². The third-order valence-electron chi connectivity index (χ3n) is 4.02. The third kappa shape index (κ3) is 4.05. The van der Waals surface area contributed by atoms with Gasteiger partial charge in [0.15, 0.2) is 0 Å². The van der Waals surface area contributed by atoms with E-state index in [0.717, 1.165) is 38.9 Å². The van der Waals surface area contributed by atoms with E-state index in [2.05, 4.69) is 45.9 Å². The van der Waals surface area contributed by atoms with Crippen molar-refractivity contribution in [2.24, 2.45) is 0 Å². The van der Waals surface area contributed by atoms with Gasteiger partial charge in [0.25, 0.3) is 0 Å². The van der Waals surface area contributed by atoms with E-state index in [1.54, 1.807) is 0 Å². The third-order valence-corrected chi connectivity index (χ3v) is 4.02. The van der Waals surface area contributed by atoms with Gasteiger partial charge in [-0.2, -0.15) is 0 Å². The summed E-state index contributed by atoms with van der Waals surface area (Å²) in [5, 5.41) is 6.39. The molecule has 1 aliphatic heterocycles. The van der Waals surface area contributed by atoms with Gasteiger partial charge in [0.2, 0.25) is 5.91 Å². The van der Waals surface area contributed by atoms with E-state index in [4.69, 9.17) is 0 Å². The first kappa shape index (κ1) is 13.6. The second kappa shape index (κ2) is 6.37. The second-order valence-electron chi connectivity index (χ2n) is 5.93. The number of benzene rings is 1. The minimum absolute atomic E-state index is 0.147. The molecule has 1 aromatic carbocycles. The summed E-state index contributed by atoms with van der Waals surface area (Å²) in [5.41, 5.74) is 1.36. The molecule has 2 aliphatic rings. The molecule has 3 rings (SSSR count). The molecule has 1 saturated carbocycles. The zero-order valence-corrected chi connectivity index (χ0v) is 11.8. The van der Waals surface area contributed by atoms with Crippen LogP contribution in [0, 0.1) is 0 Å². The molecule has 1 atom stereocenters. The van der Waals surface area contributed by atoms with Crippen LogP contribution in [0.5, 0.6) is 0 Å². The lowest BCUT2D eigenvalue weighted by Crippen LogP contribution is -2.41. The van der Waals surface area contributed by atoms with Gasteiger partial charge >= 0.3 is 0 Å². The number of likely N-dealkylation sites (tertiary alicyclic amines) is 1. The van der Waals surface area contributed by atoms with Crippen molar-refractivity contribution in [3.8, 4) is 0 Å². The Hall–Kier alpha value is -1.39. The van der Waals surface area contributed by atoms with E-state index < -0.39 is 0 Å². The van der Waals surface area contributed by atoms with Gasteiger partial charge in [-0.15, -0.1) is 0 Å². The summed E-state index contributed by atoms with van der Waals surface area (Å²) in [6.07, 6.45) is 3.43. The molecule has 0 aromatic heterocycles. The molecule has 4 heteroatoms. The molecule has 1 aromatic rings. The van der Waals surface area contributed by atoms with Crippen LogP contribution in [0.1, 0.15) is 24.8 Å². The van der Waals surface area contributed by atoms with Crippen LogP contribution in [-0.2, 0) is 11.3 Å². The largest absolute Gasteiger partial charge is 0.352 e. The SMILES string of the molecule is O=C(CNC1CCN(Cc2ccccc2)C1)NC1CC1. The first-order chi connectivity index (χ1) is 9.79. The molecule has 108 valence electrons. The molecule has 1 saturated heterocycles. The lowest BCUT2D eigenvalue weighted by atomic mass is 10.2. The van der Waals surface area contributed by atoms with Crippen LogP contribution < -0.4 is 10.6 Å². The molecular formula is C16H23N3O. The van der Waals surface area contributed by atoms with Crippen molar-refractivity contribution in [3.63, 3.8) is 0 Å². The van der Waals surface area contributed by atoms with Crippen LogP contribution in [0.15, 0.2) is 30.3 Å². The van der Waals surface area contributed by atoms with Crippen LogP contribution in [0.25, 0.3) is 0 Å². The molecule has 0 bridgehead atoms. The Morgan fingerprint density at radius 2 is 1.95 bits per heavy atom. The van der Waals surface area contributed by atoms with Gasteiger partial charge < -0.3 is 10.6 Å². The highest BCUT2D eigenvalue weighted by Crippen LogP contribution is 2.18. The quantitative estimate of drug-likeness (QED) is 0.816. The molecule has 1 aliphatic carbocycles. The maximum Gasteiger partial charge on any atom is 0.234 e. The van der Waals surface area contributed by atoms with Crippen LogP contribution >= 0.6 is 0 Å².